The van der Waals surface area contributed by atoms with Crippen molar-refractivity contribution in [2.75, 3.05) is 6.61 Å². The first-order valence-electron chi connectivity index (χ1n) is 11.9. The first-order chi connectivity index (χ1) is 16.8. The van der Waals surface area contributed by atoms with Crippen LogP contribution in [0.3, 0.4) is 0 Å². The molecule has 0 aliphatic heterocycles. The fourth-order valence-electron chi connectivity index (χ4n) is 3.89. The summed E-state index contributed by atoms with van der Waals surface area (Å²) >= 11 is 0. The van der Waals surface area contributed by atoms with E-state index >= 15 is 0 Å². The van der Waals surface area contributed by atoms with Crippen LogP contribution in [0.4, 0.5) is 0 Å². The van der Waals surface area contributed by atoms with Gasteiger partial charge in [0.15, 0.2) is 0 Å². The Morgan fingerprint density at radius 3 is 2.43 bits per heavy atom. The molecular formula is C27H33N3O4Si. The highest BCUT2D eigenvalue weighted by atomic mass is 28.3. The number of ether oxygens (including phenoxy) is 2. The Balaban J connectivity index is 1.60. The standard InChI is InChI=1S/C27H33N3O4Si/c1-35(2,3)14-13-33-20-30-27(32)26-23(15-22-11-7-8-12-25(22)31)17-29(24(26)16-28-30)19-34-18-21-9-5-4-6-10-21/h4-12,16-17,31H,13-15,18-20H2,1-3H3. The molecule has 2 aromatic carbocycles. The van der Waals surface area contributed by atoms with Gasteiger partial charge in [0.2, 0.25) is 0 Å². The predicted molar refractivity (Wildman–Crippen MR) is 140 cm³/mol. The predicted octanol–water partition coefficient (Wildman–Crippen LogP) is 4.98. The first-order valence-corrected chi connectivity index (χ1v) is 15.6. The number of phenolic OH excluding ortho intramolecular Hbond substituents is 1. The zero-order valence-corrected chi connectivity index (χ0v) is 21.6. The van der Waals surface area contributed by atoms with Gasteiger partial charge in [0.05, 0.1) is 23.7 Å². The Morgan fingerprint density at radius 1 is 0.943 bits per heavy atom. The van der Waals surface area contributed by atoms with Crippen molar-refractivity contribution in [1.82, 2.24) is 14.3 Å². The van der Waals surface area contributed by atoms with E-state index in [-0.39, 0.29) is 24.8 Å². The van der Waals surface area contributed by atoms with Gasteiger partial charge in [0, 0.05) is 27.3 Å². The molecule has 4 aromatic rings. The van der Waals surface area contributed by atoms with Crippen molar-refractivity contribution in [2.24, 2.45) is 0 Å². The normalized spacial score (nSPS) is 11.9. The molecule has 184 valence electrons. The second kappa shape index (κ2) is 11.0. The fourth-order valence-corrected chi connectivity index (χ4v) is 4.64. The van der Waals surface area contributed by atoms with Gasteiger partial charge in [0.25, 0.3) is 5.56 Å². The summed E-state index contributed by atoms with van der Waals surface area (Å²) in [6.45, 7) is 8.35. The molecule has 0 amide bonds. The van der Waals surface area contributed by atoms with Crippen molar-refractivity contribution in [1.29, 1.82) is 0 Å². The maximum Gasteiger partial charge on any atom is 0.278 e. The number of rotatable bonds is 11. The number of phenols is 1. The lowest BCUT2D eigenvalue weighted by Gasteiger charge is -2.15. The molecule has 35 heavy (non-hydrogen) atoms. The van der Waals surface area contributed by atoms with Crippen LogP contribution in [0.1, 0.15) is 16.7 Å². The molecule has 0 saturated heterocycles. The van der Waals surface area contributed by atoms with E-state index < -0.39 is 8.07 Å². The number of nitrogens with zero attached hydrogens (tertiary/aromatic N) is 3. The van der Waals surface area contributed by atoms with Gasteiger partial charge in [-0.15, -0.1) is 0 Å². The summed E-state index contributed by atoms with van der Waals surface area (Å²) < 4.78 is 15.0. The summed E-state index contributed by atoms with van der Waals surface area (Å²) in [5, 5.41) is 15.2. The SMILES string of the molecule is C[Si](C)(C)CCOCn1ncc2c(c(Cc3ccccc3O)cn2COCc2ccccc2)c1=O. The Labute approximate surface area is 206 Å². The molecule has 0 aliphatic carbocycles. The Morgan fingerprint density at radius 2 is 1.69 bits per heavy atom. The van der Waals surface area contributed by atoms with Crippen LogP contribution in [-0.4, -0.2) is 34.1 Å². The molecule has 0 saturated carbocycles. The Hall–Kier alpha value is -3.20. The molecule has 2 aromatic heterocycles. The van der Waals surface area contributed by atoms with E-state index in [2.05, 4.69) is 24.7 Å². The van der Waals surface area contributed by atoms with Gasteiger partial charge >= 0.3 is 0 Å². The van der Waals surface area contributed by atoms with Crippen LogP contribution in [0.2, 0.25) is 25.7 Å². The molecule has 8 heteroatoms. The molecule has 0 aliphatic rings. The van der Waals surface area contributed by atoms with Crippen LogP contribution >= 0.6 is 0 Å². The van der Waals surface area contributed by atoms with Gasteiger partial charge in [-0.05, 0) is 28.8 Å². The van der Waals surface area contributed by atoms with Crippen LogP contribution in [0, 0.1) is 0 Å². The Bertz CT molecular complexity index is 1330. The van der Waals surface area contributed by atoms with E-state index in [9.17, 15) is 9.90 Å². The summed E-state index contributed by atoms with van der Waals surface area (Å²) in [5.41, 5.74) is 3.14. The van der Waals surface area contributed by atoms with Crippen LogP contribution in [0.5, 0.6) is 5.75 Å². The van der Waals surface area contributed by atoms with Crippen molar-refractivity contribution >= 4 is 19.0 Å². The van der Waals surface area contributed by atoms with Crippen LogP contribution in [0.15, 0.2) is 71.8 Å². The molecular weight excluding hydrogens is 458 g/mol. The van der Waals surface area contributed by atoms with E-state index in [1.807, 2.05) is 53.2 Å². The highest BCUT2D eigenvalue weighted by Gasteiger charge is 2.17. The molecule has 0 fully saturated rings. The van der Waals surface area contributed by atoms with E-state index in [0.717, 1.165) is 22.7 Å². The van der Waals surface area contributed by atoms with Crippen molar-refractivity contribution in [2.45, 2.75) is 52.2 Å². The summed E-state index contributed by atoms with van der Waals surface area (Å²) in [5.74, 6) is 0.206. The lowest BCUT2D eigenvalue weighted by atomic mass is 10.0. The van der Waals surface area contributed by atoms with Crippen molar-refractivity contribution < 1.29 is 14.6 Å². The zero-order valence-electron chi connectivity index (χ0n) is 20.6. The lowest BCUT2D eigenvalue weighted by Crippen LogP contribution is -2.26. The summed E-state index contributed by atoms with van der Waals surface area (Å²) in [6, 6.07) is 18.2. The molecule has 0 unspecified atom stereocenters. The number of benzene rings is 2. The minimum Gasteiger partial charge on any atom is -0.508 e. The molecule has 0 atom stereocenters. The second-order valence-corrected chi connectivity index (χ2v) is 15.6. The number of hydrogen-bond acceptors (Lipinski definition) is 5. The number of fused-ring (bicyclic) bond motifs is 1. The fraction of sp³-hybridized carbons (Fsp3) is 0.333. The number of hydrogen-bond donors (Lipinski definition) is 1. The van der Waals surface area contributed by atoms with Crippen LogP contribution in [0.25, 0.3) is 10.9 Å². The van der Waals surface area contributed by atoms with Gasteiger partial charge in [0.1, 0.15) is 19.2 Å². The Kier molecular flexibility index (Phi) is 7.85. The minimum atomic E-state index is -1.22. The number of aromatic nitrogens is 3. The van der Waals surface area contributed by atoms with E-state index in [0.29, 0.717) is 30.5 Å². The minimum absolute atomic E-state index is 0.116. The topological polar surface area (TPSA) is 78.5 Å². The quantitative estimate of drug-likeness (QED) is 0.236. The van der Waals surface area contributed by atoms with Crippen molar-refractivity contribution in [3.63, 3.8) is 0 Å². The first kappa shape index (κ1) is 24.9. The van der Waals surface area contributed by atoms with E-state index in [1.54, 1.807) is 18.3 Å². The largest absolute Gasteiger partial charge is 0.508 e. The zero-order chi connectivity index (χ0) is 24.8. The van der Waals surface area contributed by atoms with Crippen molar-refractivity contribution in [3.8, 4) is 5.75 Å². The lowest BCUT2D eigenvalue weighted by molar-refractivity contribution is 0.0664. The molecule has 2 heterocycles. The third-order valence-corrected chi connectivity index (χ3v) is 7.59. The molecule has 4 rings (SSSR count). The van der Waals surface area contributed by atoms with Crippen LogP contribution in [-0.2, 0) is 36.0 Å². The van der Waals surface area contributed by atoms with E-state index in [4.69, 9.17) is 9.47 Å². The third-order valence-electron chi connectivity index (χ3n) is 5.89. The summed E-state index contributed by atoms with van der Waals surface area (Å²) in [7, 11) is -1.22. The summed E-state index contributed by atoms with van der Waals surface area (Å²) in [4.78, 5) is 13.4. The average Bonchev–Trinajstić information content (AvgIpc) is 3.17. The maximum absolute atomic E-state index is 13.4. The highest BCUT2D eigenvalue weighted by molar-refractivity contribution is 6.76. The van der Waals surface area contributed by atoms with Gasteiger partial charge in [-0.1, -0.05) is 68.2 Å². The van der Waals surface area contributed by atoms with Crippen molar-refractivity contribution in [3.05, 3.63) is 94.0 Å². The smallest absolute Gasteiger partial charge is 0.278 e. The number of para-hydroxylation sites is 1. The highest BCUT2D eigenvalue weighted by Crippen LogP contribution is 2.25. The number of aromatic hydroxyl groups is 1. The monoisotopic (exact) mass is 491 g/mol. The van der Waals surface area contributed by atoms with E-state index in [1.165, 1.54) is 4.68 Å². The average molecular weight is 492 g/mol. The molecule has 0 spiro atoms. The second-order valence-electron chi connectivity index (χ2n) is 9.95. The molecule has 1 N–H and O–H groups in total. The van der Waals surface area contributed by atoms with Gasteiger partial charge < -0.3 is 19.1 Å². The maximum atomic E-state index is 13.4. The molecule has 0 radical (unpaired) electrons. The molecule has 7 nitrogen and oxygen atoms in total. The third kappa shape index (κ3) is 6.48. The van der Waals surface area contributed by atoms with Gasteiger partial charge in [-0.2, -0.15) is 5.10 Å². The van der Waals surface area contributed by atoms with Gasteiger partial charge in [-0.25, -0.2) is 4.68 Å². The van der Waals surface area contributed by atoms with Gasteiger partial charge in [-0.3, -0.25) is 4.79 Å². The summed E-state index contributed by atoms with van der Waals surface area (Å²) in [6.07, 6.45) is 4.03. The molecule has 0 bridgehead atoms. The van der Waals surface area contributed by atoms with Crippen LogP contribution < -0.4 is 5.56 Å².